The summed E-state index contributed by atoms with van der Waals surface area (Å²) in [6.07, 6.45) is -7.84. The third-order valence-corrected chi connectivity index (χ3v) is 1.51. The summed E-state index contributed by atoms with van der Waals surface area (Å²) in [6.45, 7) is -0.843. The summed E-state index contributed by atoms with van der Waals surface area (Å²) in [6, 6.07) is 0. The zero-order chi connectivity index (χ0) is 10.6. The van der Waals surface area contributed by atoms with Gasteiger partial charge in [-0.05, 0) is 0 Å². The van der Waals surface area contributed by atoms with Gasteiger partial charge in [0, 0.05) is 0 Å². The van der Waals surface area contributed by atoms with Crippen LogP contribution in [0.2, 0.25) is 0 Å². The van der Waals surface area contributed by atoms with Gasteiger partial charge in [0.1, 0.15) is 18.3 Å². The molecule has 0 aliphatic heterocycles. The number of hydrogen-bond acceptors (Lipinski definition) is 6. The first-order valence-electron chi connectivity index (χ1n) is 3.47. The van der Waals surface area contributed by atoms with Crippen LogP contribution in [-0.2, 0) is 21.9 Å². The first-order valence-corrected chi connectivity index (χ1v) is 3.47. The summed E-state index contributed by atoms with van der Waals surface area (Å²) in [5.74, 6) is -1.73. The molecule has 0 saturated heterocycles. The molecule has 0 bridgehead atoms. The van der Waals surface area contributed by atoms with E-state index in [-0.39, 0.29) is 22.5 Å². The largest absolute Gasteiger partial charge is 2.00 e. The first-order chi connectivity index (χ1) is 5.91. The van der Waals surface area contributed by atoms with Gasteiger partial charge in [0.15, 0.2) is 6.10 Å². The first kappa shape index (κ1) is 20.2. The van der Waals surface area contributed by atoms with Crippen LogP contribution in [0.4, 0.5) is 0 Å². The van der Waals surface area contributed by atoms with Crippen LogP contribution in [-0.4, -0.2) is 73.1 Å². The van der Waals surface area contributed by atoms with Crippen LogP contribution in [0.1, 0.15) is 0 Å². The van der Waals surface area contributed by atoms with Gasteiger partial charge in [0.05, 0.1) is 6.61 Å². The molecular weight excluding hydrogens is 256 g/mol. The van der Waals surface area contributed by atoms with E-state index in [2.05, 4.69) is 0 Å². The monoisotopic (exact) mass is 270 g/mol. The number of rotatable bonds is 5. The minimum atomic E-state index is -2.20. The average Bonchev–Trinajstić information content (AvgIpc) is 2.12. The summed E-state index contributed by atoms with van der Waals surface area (Å²) < 4.78 is 0. The van der Waals surface area contributed by atoms with Crippen molar-refractivity contribution in [2.24, 2.45) is 0 Å². The van der Waals surface area contributed by atoms with Crippen LogP contribution < -0.4 is 0 Å². The summed E-state index contributed by atoms with van der Waals surface area (Å²) in [5, 5.41) is 51.8. The molecule has 0 radical (unpaired) electrons. The topological polar surface area (TPSA) is 170 Å². The Morgan fingerprint density at radius 3 is 1.73 bits per heavy atom. The Balaban J connectivity index is -0.000000720. The molecule has 0 aliphatic carbocycles. The quantitative estimate of drug-likeness (QED) is 0.274. The van der Waals surface area contributed by atoms with Gasteiger partial charge in [-0.15, -0.1) is 0 Å². The molecule has 9 heteroatoms. The van der Waals surface area contributed by atoms with Crippen molar-refractivity contribution >= 4 is 5.97 Å². The number of carboxylic acids is 1. The molecule has 0 aliphatic rings. The molecular formula is C6H14FeO8+2. The van der Waals surface area contributed by atoms with Crippen LogP contribution in [0.25, 0.3) is 0 Å². The molecule has 0 amide bonds. The van der Waals surface area contributed by atoms with Gasteiger partial charge in [-0.3, -0.25) is 0 Å². The minimum Gasteiger partial charge on any atom is -0.479 e. The van der Waals surface area contributed by atoms with Crippen molar-refractivity contribution in [3.63, 3.8) is 0 Å². The fraction of sp³-hybridized carbons (Fsp3) is 0.833. The van der Waals surface area contributed by atoms with E-state index >= 15 is 0 Å². The molecule has 0 heterocycles. The Kier molecular flexibility index (Phi) is 12.1. The maximum absolute atomic E-state index is 10.1. The number of carboxylic acid groups (broad SMARTS) is 1. The van der Waals surface area contributed by atoms with E-state index in [1.54, 1.807) is 0 Å². The molecule has 0 saturated carbocycles. The molecule has 15 heavy (non-hydrogen) atoms. The number of aliphatic carboxylic acids is 1. The summed E-state index contributed by atoms with van der Waals surface area (Å²) in [5.41, 5.74) is 0. The van der Waals surface area contributed by atoms with Gasteiger partial charge in [0.2, 0.25) is 0 Å². The molecule has 4 atom stereocenters. The molecule has 0 unspecified atom stereocenters. The van der Waals surface area contributed by atoms with Crippen LogP contribution in [0.3, 0.4) is 0 Å². The molecule has 0 aromatic rings. The number of hydrogen-bond donors (Lipinski definition) is 6. The SMILES string of the molecule is O.O=C(O)[C@H](O)[C@H](O)[C@H](O)[C@@H](O)CO.[Fe+2]. The van der Waals surface area contributed by atoms with Crippen molar-refractivity contribution in [3.05, 3.63) is 0 Å². The van der Waals surface area contributed by atoms with Crippen LogP contribution in [0.5, 0.6) is 0 Å². The number of aliphatic hydroxyl groups excluding tert-OH is 5. The van der Waals surface area contributed by atoms with Crippen LogP contribution in [0, 0.1) is 0 Å². The van der Waals surface area contributed by atoms with Gasteiger partial charge >= 0.3 is 23.0 Å². The molecule has 0 spiro atoms. The van der Waals surface area contributed by atoms with E-state index in [1.807, 2.05) is 0 Å². The Morgan fingerprint density at radius 2 is 1.47 bits per heavy atom. The van der Waals surface area contributed by atoms with Gasteiger partial charge in [0.25, 0.3) is 0 Å². The maximum Gasteiger partial charge on any atom is 2.00 e. The van der Waals surface area contributed by atoms with Crippen molar-refractivity contribution in [2.45, 2.75) is 24.4 Å². The molecule has 0 aromatic carbocycles. The second-order valence-corrected chi connectivity index (χ2v) is 2.51. The third kappa shape index (κ3) is 6.02. The van der Waals surface area contributed by atoms with E-state index in [9.17, 15) is 4.79 Å². The predicted molar refractivity (Wildman–Crippen MR) is 42.4 cm³/mol. The van der Waals surface area contributed by atoms with Crippen LogP contribution in [0.15, 0.2) is 0 Å². The summed E-state index contributed by atoms with van der Waals surface area (Å²) >= 11 is 0. The molecule has 0 aromatic heterocycles. The van der Waals surface area contributed by atoms with E-state index in [0.29, 0.717) is 0 Å². The molecule has 0 fully saturated rings. The minimum absolute atomic E-state index is 0. The number of carbonyl (C=O) groups is 1. The van der Waals surface area contributed by atoms with Crippen molar-refractivity contribution in [1.82, 2.24) is 0 Å². The van der Waals surface area contributed by atoms with Gasteiger partial charge in [-0.2, -0.15) is 0 Å². The zero-order valence-electron chi connectivity index (χ0n) is 7.46. The molecule has 92 valence electrons. The summed E-state index contributed by atoms with van der Waals surface area (Å²) in [7, 11) is 0. The fourth-order valence-corrected chi connectivity index (χ4v) is 0.668. The Bertz CT molecular complexity index is 177. The Hall–Kier alpha value is -0.251. The molecule has 8 N–H and O–H groups in total. The molecule has 8 nitrogen and oxygen atoms in total. The van der Waals surface area contributed by atoms with E-state index < -0.39 is 37.0 Å². The van der Waals surface area contributed by atoms with E-state index in [1.165, 1.54) is 0 Å². The second-order valence-electron chi connectivity index (χ2n) is 2.51. The van der Waals surface area contributed by atoms with Gasteiger partial charge in [-0.25, -0.2) is 4.79 Å². The normalized spacial score (nSPS) is 17.7. The molecule has 0 rings (SSSR count). The van der Waals surface area contributed by atoms with Crippen molar-refractivity contribution in [2.75, 3.05) is 6.61 Å². The van der Waals surface area contributed by atoms with Crippen molar-refractivity contribution < 1.29 is 58.0 Å². The smallest absolute Gasteiger partial charge is 0.479 e. The van der Waals surface area contributed by atoms with E-state index in [4.69, 9.17) is 30.6 Å². The zero-order valence-corrected chi connectivity index (χ0v) is 8.57. The number of aliphatic hydroxyl groups is 5. The van der Waals surface area contributed by atoms with Gasteiger partial charge in [-0.1, -0.05) is 0 Å². The predicted octanol–water partition coefficient (Wildman–Crippen LogP) is -4.32. The van der Waals surface area contributed by atoms with Crippen LogP contribution >= 0.6 is 0 Å². The fourth-order valence-electron chi connectivity index (χ4n) is 0.668. The summed E-state index contributed by atoms with van der Waals surface area (Å²) in [4.78, 5) is 10.1. The van der Waals surface area contributed by atoms with Crippen molar-refractivity contribution in [3.8, 4) is 0 Å². The Labute approximate surface area is 95.6 Å². The van der Waals surface area contributed by atoms with E-state index in [0.717, 1.165) is 0 Å². The maximum atomic E-state index is 10.1. The average molecular weight is 270 g/mol. The second kappa shape index (κ2) is 9.01. The third-order valence-electron chi connectivity index (χ3n) is 1.51. The van der Waals surface area contributed by atoms with Gasteiger partial charge < -0.3 is 36.1 Å². The Morgan fingerprint density at radius 1 is 1.07 bits per heavy atom. The van der Waals surface area contributed by atoms with Crippen molar-refractivity contribution in [1.29, 1.82) is 0 Å². The standard InChI is InChI=1S/C6H12O7.Fe.H2O/c7-1-2(8)3(9)4(10)5(11)6(12)13;;/h2-5,7-11H,1H2,(H,12,13);;1H2/q;+2;/t2-,3+,4+,5+;;/m0../s1.